The van der Waals surface area contributed by atoms with Crippen molar-refractivity contribution in [2.24, 2.45) is 23.7 Å². The lowest BCUT2D eigenvalue weighted by Crippen LogP contribution is -2.59. The number of rotatable bonds is 11. The highest BCUT2D eigenvalue weighted by Crippen LogP contribution is 2.66. The third kappa shape index (κ3) is 4.79. The number of likely N-dealkylation sites (N-methyl/N-ethyl adjacent to an activating group) is 1. The molecule has 3 fully saturated rings. The van der Waals surface area contributed by atoms with Crippen molar-refractivity contribution in [1.82, 2.24) is 9.80 Å². The Morgan fingerprint density at radius 3 is 2.42 bits per heavy atom. The largest absolute Gasteiger partial charge is 0.394 e. The molecule has 1 N–H and O–H groups in total. The molecule has 8 nitrogen and oxygen atoms in total. The summed E-state index contributed by atoms with van der Waals surface area (Å²) in [5, 5.41) is 12.7. The molecule has 7 atom stereocenters. The van der Waals surface area contributed by atoms with Gasteiger partial charge in [0.15, 0.2) is 0 Å². The number of amides is 3. The molecule has 3 aliphatic heterocycles. The fraction of sp³-hybridized carbons (Fsp3) is 0.514. The molecule has 1 spiro atoms. The number of hydrogen-bond donors (Lipinski definition) is 1. The summed E-state index contributed by atoms with van der Waals surface area (Å²) in [7, 11) is 1.71. The molecule has 8 heteroatoms. The van der Waals surface area contributed by atoms with Crippen molar-refractivity contribution in [3.63, 3.8) is 0 Å². The van der Waals surface area contributed by atoms with Crippen molar-refractivity contribution in [2.45, 2.75) is 63.8 Å². The van der Waals surface area contributed by atoms with E-state index in [-0.39, 0.29) is 42.7 Å². The zero-order chi connectivity index (χ0) is 31.3. The Morgan fingerprint density at radius 1 is 1.12 bits per heavy atom. The van der Waals surface area contributed by atoms with Gasteiger partial charge in [-0.25, -0.2) is 0 Å². The summed E-state index contributed by atoms with van der Waals surface area (Å²) in [6.45, 7) is 16.0. The van der Waals surface area contributed by atoms with Crippen LogP contribution in [-0.2, 0) is 19.1 Å². The predicted octanol–water partition coefficient (Wildman–Crippen LogP) is 4.42. The van der Waals surface area contributed by atoms with E-state index in [1.165, 1.54) is 0 Å². The number of carbonyl (C=O) groups excluding carboxylic acids is 3. The van der Waals surface area contributed by atoms with Crippen LogP contribution in [0, 0.1) is 23.7 Å². The van der Waals surface area contributed by atoms with E-state index in [1.807, 2.05) is 70.2 Å². The number of likely N-dealkylation sites (tertiary alicyclic amines) is 1. The number of benzene rings is 2. The van der Waals surface area contributed by atoms with E-state index in [9.17, 15) is 19.5 Å². The van der Waals surface area contributed by atoms with Gasteiger partial charge < -0.3 is 24.5 Å². The van der Waals surface area contributed by atoms with Crippen LogP contribution in [0.25, 0.3) is 10.8 Å². The third-order valence-corrected chi connectivity index (χ3v) is 10.0. The van der Waals surface area contributed by atoms with Gasteiger partial charge in [0.1, 0.15) is 11.6 Å². The average molecular weight is 588 g/mol. The molecule has 3 heterocycles. The molecule has 2 aromatic rings. The van der Waals surface area contributed by atoms with Crippen molar-refractivity contribution in [3.8, 4) is 0 Å². The highest BCUT2D eigenvalue weighted by atomic mass is 16.5. The highest BCUT2D eigenvalue weighted by molar-refractivity contribution is 6.06. The molecule has 3 amide bonds. The van der Waals surface area contributed by atoms with Crippen molar-refractivity contribution >= 4 is 34.2 Å². The van der Waals surface area contributed by atoms with Gasteiger partial charge in [0, 0.05) is 25.8 Å². The zero-order valence-electron chi connectivity index (χ0n) is 26.0. The van der Waals surface area contributed by atoms with Gasteiger partial charge in [-0.15, -0.1) is 13.2 Å². The zero-order valence-corrected chi connectivity index (χ0v) is 26.0. The van der Waals surface area contributed by atoms with E-state index < -0.39 is 35.1 Å². The van der Waals surface area contributed by atoms with Crippen LogP contribution in [0.3, 0.4) is 0 Å². The average Bonchev–Trinajstić information content (AvgIpc) is 3.50. The Hall–Kier alpha value is -3.49. The normalized spacial score (nSPS) is 30.0. The van der Waals surface area contributed by atoms with Gasteiger partial charge in [0.25, 0.3) is 5.91 Å². The fourth-order valence-electron chi connectivity index (χ4n) is 8.01. The van der Waals surface area contributed by atoms with E-state index >= 15 is 0 Å². The number of hydrogen-bond acceptors (Lipinski definition) is 5. The molecule has 2 aromatic carbocycles. The van der Waals surface area contributed by atoms with Gasteiger partial charge in [-0.1, -0.05) is 63.3 Å². The summed E-state index contributed by atoms with van der Waals surface area (Å²) >= 11 is 0. The summed E-state index contributed by atoms with van der Waals surface area (Å²) in [5.74, 6) is -2.30. The Morgan fingerprint density at radius 2 is 1.79 bits per heavy atom. The first kappa shape index (κ1) is 31.0. The number of aliphatic hydroxyl groups is 1. The van der Waals surface area contributed by atoms with Crippen LogP contribution in [0.4, 0.5) is 5.69 Å². The van der Waals surface area contributed by atoms with E-state index in [4.69, 9.17) is 4.74 Å². The molecule has 3 saturated heterocycles. The van der Waals surface area contributed by atoms with E-state index in [2.05, 4.69) is 13.2 Å². The van der Waals surface area contributed by atoms with E-state index in [0.29, 0.717) is 25.1 Å². The molecule has 5 rings (SSSR count). The quantitative estimate of drug-likeness (QED) is 0.393. The van der Waals surface area contributed by atoms with Gasteiger partial charge >= 0.3 is 0 Å². The number of carbonyl (C=O) groups is 3. The number of aliphatic hydroxyl groups excluding tert-OH is 1. The standard InChI is InChI=1S/C35H45N3O5/c1-8-16-36(7)31(40)28-29-32(41)38(27(21-39)18-22(3)4)30(35(29)20-23(5)34(28,6)43-35)33(42)37(17-9-2)26-15-14-24-12-10-11-13-25(24)19-26/h8-15,19,22-23,27-30,39H,1-2,16-18,20-21H2,3-7H3/t23?,27-,28+,29+,30?,34-,35?/m1/s1. The molecule has 2 bridgehead atoms. The van der Waals surface area contributed by atoms with Gasteiger partial charge in [0.2, 0.25) is 11.8 Å². The maximum Gasteiger partial charge on any atom is 0.253 e. The SMILES string of the molecule is C=CCN(C)C(=O)[C@@H]1[C@H]2C(=O)N([C@@H](CO)CC(C)C)C(C(=O)N(CC=C)c3ccc4ccccc4c3)C23CC(C)[C@@]1(C)O3. The highest BCUT2D eigenvalue weighted by Gasteiger charge is 2.80. The first-order chi connectivity index (χ1) is 20.4. The minimum absolute atomic E-state index is 0.0796. The number of anilines is 1. The maximum absolute atomic E-state index is 15.0. The second-order valence-corrected chi connectivity index (χ2v) is 13.2. The topological polar surface area (TPSA) is 90.4 Å². The molecule has 0 aliphatic carbocycles. The summed E-state index contributed by atoms with van der Waals surface area (Å²) in [5.41, 5.74) is -1.44. The van der Waals surface area contributed by atoms with Crippen LogP contribution < -0.4 is 4.90 Å². The fourth-order valence-corrected chi connectivity index (χ4v) is 8.01. The number of ether oxygens (including phenoxy) is 1. The monoisotopic (exact) mass is 587 g/mol. The predicted molar refractivity (Wildman–Crippen MR) is 168 cm³/mol. The van der Waals surface area contributed by atoms with Gasteiger partial charge in [0.05, 0.1) is 30.1 Å². The van der Waals surface area contributed by atoms with Gasteiger partial charge in [-0.05, 0) is 54.5 Å². The smallest absolute Gasteiger partial charge is 0.253 e. The Labute approximate surface area is 255 Å². The van der Waals surface area contributed by atoms with Crippen molar-refractivity contribution in [3.05, 3.63) is 67.8 Å². The first-order valence-electron chi connectivity index (χ1n) is 15.3. The first-order valence-corrected chi connectivity index (χ1v) is 15.3. The maximum atomic E-state index is 15.0. The molecule has 43 heavy (non-hydrogen) atoms. The van der Waals surface area contributed by atoms with E-state index in [1.54, 1.807) is 33.9 Å². The molecule has 0 aromatic heterocycles. The summed E-state index contributed by atoms with van der Waals surface area (Å²) < 4.78 is 6.92. The minimum Gasteiger partial charge on any atom is -0.394 e. The van der Waals surface area contributed by atoms with Crippen LogP contribution >= 0.6 is 0 Å². The second kappa shape index (κ2) is 11.5. The van der Waals surface area contributed by atoms with E-state index in [0.717, 1.165) is 10.8 Å². The van der Waals surface area contributed by atoms with Crippen LogP contribution in [0.5, 0.6) is 0 Å². The number of fused-ring (bicyclic) bond motifs is 2. The van der Waals surface area contributed by atoms with Gasteiger partial charge in [-0.3, -0.25) is 14.4 Å². The lowest BCUT2D eigenvalue weighted by atomic mass is 9.62. The second-order valence-electron chi connectivity index (χ2n) is 13.2. The van der Waals surface area contributed by atoms with Crippen LogP contribution in [0.1, 0.15) is 40.5 Å². The number of nitrogens with zero attached hydrogens (tertiary/aromatic N) is 3. The summed E-state index contributed by atoms with van der Waals surface area (Å²) in [6.07, 6.45) is 4.30. The molecular weight excluding hydrogens is 542 g/mol. The Bertz CT molecular complexity index is 1440. The van der Waals surface area contributed by atoms with Crippen LogP contribution in [0.2, 0.25) is 0 Å². The van der Waals surface area contributed by atoms with Crippen molar-refractivity contribution in [2.75, 3.05) is 31.6 Å². The summed E-state index contributed by atoms with van der Waals surface area (Å²) in [4.78, 5) is 48.5. The van der Waals surface area contributed by atoms with Crippen molar-refractivity contribution < 1.29 is 24.2 Å². The molecule has 0 saturated carbocycles. The van der Waals surface area contributed by atoms with Crippen molar-refractivity contribution in [1.29, 1.82) is 0 Å². The summed E-state index contributed by atoms with van der Waals surface area (Å²) in [6, 6.07) is 12.2. The molecule has 3 aliphatic rings. The van der Waals surface area contributed by atoms with Crippen LogP contribution in [0.15, 0.2) is 67.8 Å². The van der Waals surface area contributed by atoms with Crippen LogP contribution in [-0.4, -0.2) is 82.7 Å². The molecule has 3 unspecified atom stereocenters. The lowest BCUT2D eigenvalue weighted by Gasteiger charge is -2.40. The lowest BCUT2D eigenvalue weighted by molar-refractivity contribution is -0.153. The minimum atomic E-state index is -1.21. The van der Waals surface area contributed by atoms with Gasteiger partial charge in [-0.2, -0.15) is 0 Å². The molecule has 0 radical (unpaired) electrons. The third-order valence-electron chi connectivity index (χ3n) is 10.0. The Kier molecular flexibility index (Phi) is 8.31. The Balaban J connectivity index is 1.66. The molecule has 230 valence electrons. The molecular formula is C35H45N3O5.